The number of carbonyl (C=O) groups is 1. The first-order valence-electron chi connectivity index (χ1n) is 4.46. The molecule has 0 saturated carbocycles. The van der Waals surface area contributed by atoms with Crippen LogP contribution < -0.4 is 0 Å². The minimum absolute atomic E-state index is 0.0761. The standard InChI is InChI=1S/C9H10N2O2S/c12-7(13)3-5-1-2-6-4-10-9(14)11-8(5)6/h4-5H,1-3H2,(H,12,13)(H,10,11,14). The van der Waals surface area contributed by atoms with Gasteiger partial charge in [0.15, 0.2) is 4.77 Å². The van der Waals surface area contributed by atoms with Gasteiger partial charge in [0, 0.05) is 17.8 Å². The molecule has 2 N–H and O–H groups in total. The Balaban J connectivity index is 2.33. The van der Waals surface area contributed by atoms with Gasteiger partial charge in [-0.3, -0.25) is 4.79 Å². The third kappa shape index (κ3) is 1.68. The second kappa shape index (κ2) is 3.49. The number of aliphatic carboxylic acids is 1. The van der Waals surface area contributed by atoms with Gasteiger partial charge in [-0.1, -0.05) is 0 Å². The molecule has 0 amide bonds. The fourth-order valence-electron chi connectivity index (χ4n) is 1.89. The van der Waals surface area contributed by atoms with Gasteiger partial charge < -0.3 is 10.1 Å². The largest absolute Gasteiger partial charge is 0.481 e. The number of hydrogen-bond acceptors (Lipinski definition) is 3. The lowest BCUT2D eigenvalue weighted by Gasteiger charge is -2.07. The zero-order valence-electron chi connectivity index (χ0n) is 7.49. The van der Waals surface area contributed by atoms with E-state index in [1.165, 1.54) is 0 Å². The van der Waals surface area contributed by atoms with Crippen LogP contribution in [0, 0.1) is 4.77 Å². The van der Waals surface area contributed by atoms with Crippen molar-refractivity contribution in [2.45, 2.75) is 25.2 Å². The highest BCUT2D eigenvalue weighted by Gasteiger charge is 2.25. The van der Waals surface area contributed by atoms with Crippen molar-refractivity contribution >= 4 is 18.2 Å². The molecule has 1 aliphatic rings. The van der Waals surface area contributed by atoms with E-state index in [1.807, 2.05) is 0 Å². The van der Waals surface area contributed by atoms with Crippen molar-refractivity contribution in [2.75, 3.05) is 0 Å². The van der Waals surface area contributed by atoms with Crippen LogP contribution in [-0.4, -0.2) is 21.0 Å². The van der Waals surface area contributed by atoms with E-state index in [0.717, 1.165) is 24.1 Å². The lowest BCUT2D eigenvalue weighted by molar-refractivity contribution is -0.137. The van der Waals surface area contributed by atoms with Crippen LogP contribution in [0.3, 0.4) is 0 Å². The maximum atomic E-state index is 10.6. The Morgan fingerprint density at radius 3 is 3.29 bits per heavy atom. The number of H-pyrrole nitrogens is 1. The van der Waals surface area contributed by atoms with Gasteiger partial charge in [0.2, 0.25) is 0 Å². The average Bonchev–Trinajstić information content (AvgIpc) is 2.47. The highest BCUT2D eigenvalue weighted by molar-refractivity contribution is 7.71. The number of aryl methyl sites for hydroxylation is 1. The molecule has 0 aromatic carbocycles. The van der Waals surface area contributed by atoms with Crippen LogP contribution >= 0.6 is 12.2 Å². The number of fused-ring (bicyclic) bond motifs is 1. The number of carboxylic acids is 1. The number of nitrogens with one attached hydrogen (secondary N) is 1. The van der Waals surface area contributed by atoms with Crippen LogP contribution in [0.15, 0.2) is 6.20 Å². The van der Waals surface area contributed by atoms with Gasteiger partial charge in [-0.05, 0) is 30.6 Å². The molecular weight excluding hydrogens is 200 g/mol. The summed E-state index contributed by atoms with van der Waals surface area (Å²) in [5, 5.41) is 8.71. The Morgan fingerprint density at radius 2 is 2.57 bits per heavy atom. The molecule has 1 atom stereocenters. The van der Waals surface area contributed by atoms with Gasteiger partial charge in [0.05, 0.1) is 6.42 Å². The number of aromatic nitrogens is 2. The summed E-state index contributed by atoms with van der Waals surface area (Å²) in [7, 11) is 0. The Hall–Kier alpha value is -1.23. The monoisotopic (exact) mass is 210 g/mol. The van der Waals surface area contributed by atoms with Gasteiger partial charge in [-0.2, -0.15) is 0 Å². The first-order valence-corrected chi connectivity index (χ1v) is 4.87. The minimum atomic E-state index is -0.765. The molecule has 2 rings (SSSR count). The molecule has 4 nitrogen and oxygen atoms in total. The van der Waals surface area contributed by atoms with E-state index in [9.17, 15) is 4.79 Å². The zero-order valence-corrected chi connectivity index (χ0v) is 8.30. The summed E-state index contributed by atoms with van der Waals surface area (Å²) < 4.78 is 0.432. The Morgan fingerprint density at radius 1 is 1.79 bits per heavy atom. The molecule has 74 valence electrons. The summed E-state index contributed by atoms with van der Waals surface area (Å²) in [6, 6.07) is 0. The molecular formula is C9H10N2O2S. The number of hydrogen-bond donors (Lipinski definition) is 2. The third-order valence-electron chi connectivity index (χ3n) is 2.52. The van der Waals surface area contributed by atoms with E-state index in [4.69, 9.17) is 17.3 Å². The molecule has 1 aromatic heterocycles. The zero-order chi connectivity index (χ0) is 10.1. The van der Waals surface area contributed by atoms with E-state index in [1.54, 1.807) is 6.20 Å². The normalized spacial score (nSPS) is 19.3. The average molecular weight is 210 g/mol. The summed E-state index contributed by atoms with van der Waals surface area (Å²) >= 11 is 4.91. The molecule has 1 aromatic rings. The lowest BCUT2D eigenvalue weighted by Crippen LogP contribution is -2.05. The van der Waals surface area contributed by atoms with E-state index in [-0.39, 0.29) is 12.3 Å². The number of nitrogens with zero attached hydrogens (tertiary/aromatic N) is 1. The molecule has 0 radical (unpaired) electrons. The number of carboxylic acid groups (broad SMARTS) is 1. The van der Waals surface area contributed by atoms with Crippen LogP contribution in [0.2, 0.25) is 0 Å². The Labute approximate surface area is 86.0 Å². The van der Waals surface area contributed by atoms with Gasteiger partial charge in [-0.25, -0.2) is 4.98 Å². The first-order chi connectivity index (χ1) is 6.66. The van der Waals surface area contributed by atoms with Gasteiger partial charge in [0.25, 0.3) is 0 Å². The van der Waals surface area contributed by atoms with E-state index in [0.29, 0.717) is 4.77 Å². The third-order valence-corrected chi connectivity index (χ3v) is 2.72. The molecule has 1 heterocycles. The SMILES string of the molecule is O=C(O)CC1CCc2cnc(=S)[nH]c21. The predicted octanol–water partition coefficient (Wildman–Crippen LogP) is 1.64. The molecule has 1 aliphatic carbocycles. The first kappa shape index (κ1) is 9.33. The van der Waals surface area contributed by atoms with Gasteiger partial charge in [0.1, 0.15) is 0 Å². The Kier molecular flexibility index (Phi) is 2.33. The summed E-state index contributed by atoms with van der Waals surface area (Å²) in [6.45, 7) is 0. The smallest absolute Gasteiger partial charge is 0.304 e. The highest BCUT2D eigenvalue weighted by Crippen LogP contribution is 2.33. The fraction of sp³-hybridized carbons (Fsp3) is 0.444. The van der Waals surface area contributed by atoms with Crippen LogP contribution in [0.25, 0.3) is 0 Å². The molecule has 0 aliphatic heterocycles. The van der Waals surface area contributed by atoms with Crippen molar-refractivity contribution in [3.05, 3.63) is 22.2 Å². The van der Waals surface area contributed by atoms with Crippen LogP contribution in [0.1, 0.15) is 30.0 Å². The van der Waals surface area contributed by atoms with Crippen molar-refractivity contribution in [1.82, 2.24) is 9.97 Å². The second-order valence-electron chi connectivity index (χ2n) is 3.46. The van der Waals surface area contributed by atoms with Crippen LogP contribution in [0.4, 0.5) is 0 Å². The van der Waals surface area contributed by atoms with Crippen molar-refractivity contribution in [1.29, 1.82) is 0 Å². The minimum Gasteiger partial charge on any atom is -0.481 e. The van der Waals surface area contributed by atoms with Crippen molar-refractivity contribution in [2.24, 2.45) is 0 Å². The van der Waals surface area contributed by atoms with E-state index < -0.39 is 5.97 Å². The molecule has 0 saturated heterocycles. The molecule has 14 heavy (non-hydrogen) atoms. The maximum Gasteiger partial charge on any atom is 0.304 e. The lowest BCUT2D eigenvalue weighted by atomic mass is 10.0. The molecule has 1 unspecified atom stereocenters. The molecule has 5 heteroatoms. The summed E-state index contributed by atoms with van der Waals surface area (Å²) in [4.78, 5) is 17.6. The van der Waals surface area contributed by atoms with Crippen molar-refractivity contribution in [3.63, 3.8) is 0 Å². The highest BCUT2D eigenvalue weighted by atomic mass is 32.1. The van der Waals surface area contributed by atoms with Crippen LogP contribution in [-0.2, 0) is 11.2 Å². The van der Waals surface area contributed by atoms with Crippen molar-refractivity contribution in [3.8, 4) is 0 Å². The maximum absolute atomic E-state index is 10.6. The molecule has 0 bridgehead atoms. The molecule has 0 fully saturated rings. The summed E-state index contributed by atoms with van der Waals surface area (Å²) in [6.07, 6.45) is 3.68. The van der Waals surface area contributed by atoms with Crippen molar-refractivity contribution < 1.29 is 9.90 Å². The topological polar surface area (TPSA) is 66.0 Å². The van der Waals surface area contributed by atoms with E-state index >= 15 is 0 Å². The number of rotatable bonds is 2. The summed E-state index contributed by atoms with van der Waals surface area (Å²) in [5.41, 5.74) is 2.07. The summed E-state index contributed by atoms with van der Waals surface area (Å²) in [5.74, 6) is -0.689. The second-order valence-corrected chi connectivity index (χ2v) is 3.85. The Bertz CT molecular complexity index is 427. The molecule has 0 spiro atoms. The van der Waals surface area contributed by atoms with Gasteiger partial charge >= 0.3 is 5.97 Å². The quantitative estimate of drug-likeness (QED) is 0.728. The van der Waals surface area contributed by atoms with E-state index in [2.05, 4.69) is 9.97 Å². The number of aromatic amines is 1. The van der Waals surface area contributed by atoms with Crippen LogP contribution in [0.5, 0.6) is 0 Å². The van der Waals surface area contributed by atoms with Gasteiger partial charge in [-0.15, -0.1) is 0 Å². The predicted molar refractivity (Wildman–Crippen MR) is 52.7 cm³/mol. The fourth-order valence-corrected chi connectivity index (χ4v) is 2.05.